The van der Waals surface area contributed by atoms with Crippen LogP contribution in [0.4, 0.5) is 13.2 Å². The standard InChI is InChI=1S/C27H27F3N6O2/c1-5-16-13-19-25(33-34(3)26(19)15-11-20(28)24(30)21(29)12-15)22(6-2)35(16)27(37)18-8-7-17(38-4)14-23(18)36-31-9-10-32-36/h7-12,14,16,22H,5-6,13H2,1-4H3. The highest BCUT2D eigenvalue weighted by atomic mass is 19.2. The molecule has 0 aliphatic carbocycles. The summed E-state index contributed by atoms with van der Waals surface area (Å²) in [6, 6.07) is 6.47. The van der Waals surface area contributed by atoms with Crippen molar-refractivity contribution in [3.63, 3.8) is 0 Å². The average Bonchev–Trinajstić information content (AvgIpc) is 3.57. The van der Waals surface area contributed by atoms with Gasteiger partial charge >= 0.3 is 0 Å². The van der Waals surface area contributed by atoms with Crippen LogP contribution in [0, 0.1) is 17.5 Å². The number of nitrogens with zero attached hydrogens (tertiary/aromatic N) is 6. The van der Waals surface area contributed by atoms with E-state index in [9.17, 15) is 18.0 Å². The first kappa shape index (κ1) is 25.5. The van der Waals surface area contributed by atoms with Gasteiger partial charge in [0.15, 0.2) is 17.5 Å². The minimum atomic E-state index is -1.51. The van der Waals surface area contributed by atoms with Crippen molar-refractivity contribution >= 4 is 5.91 Å². The number of rotatable bonds is 6. The highest BCUT2D eigenvalue weighted by molar-refractivity contribution is 5.98. The van der Waals surface area contributed by atoms with E-state index in [1.807, 2.05) is 18.7 Å². The van der Waals surface area contributed by atoms with Gasteiger partial charge in [0, 0.05) is 30.3 Å². The molecule has 0 fully saturated rings. The molecule has 4 aromatic rings. The van der Waals surface area contributed by atoms with Crippen LogP contribution in [0.5, 0.6) is 5.75 Å². The monoisotopic (exact) mass is 524 g/mol. The number of aromatic nitrogens is 5. The van der Waals surface area contributed by atoms with E-state index in [2.05, 4.69) is 10.2 Å². The molecular formula is C27H27F3N6O2. The van der Waals surface area contributed by atoms with Gasteiger partial charge < -0.3 is 9.64 Å². The van der Waals surface area contributed by atoms with E-state index in [1.54, 1.807) is 37.0 Å². The molecule has 0 saturated heterocycles. The third kappa shape index (κ3) is 4.11. The van der Waals surface area contributed by atoms with Crippen molar-refractivity contribution in [2.24, 2.45) is 7.05 Å². The Balaban J connectivity index is 1.62. The van der Waals surface area contributed by atoms with E-state index < -0.39 is 23.5 Å². The molecule has 1 aliphatic heterocycles. The van der Waals surface area contributed by atoms with Crippen LogP contribution in [0.1, 0.15) is 54.3 Å². The lowest BCUT2D eigenvalue weighted by molar-refractivity contribution is 0.0512. The number of amides is 1. The fourth-order valence-electron chi connectivity index (χ4n) is 5.33. The van der Waals surface area contributed by atoms with Gasteiger partial charge in [-0.3, -0.25) is 9.48 Å². The van der Waals surface area contributed by atoms with Crippen molar-refractivity contribution in [3.05, 3.63) is 77.0 Å². The molecule has 198 valence electrons. The average molecular weight is 525 g/mol. The first-order valence-corrected chi connectivity index (χ1v) is 12.4. The SMILES string of the molecule is CCC1Cc2c(nn(C)c2-c2cc(F)c(F)c(F)c2)C(CC)N1C(=O)c1ccc(OC)cc1-n1nccn1. The normalized spacial score (nSPS) is 17.0. The molecule has 2 atom stereocenters. The van der Waals surface area contributed by atoms with Crippen molar-refractivity contribution in [2.75, 3.05) is 7.11 Å². The first-order valence-electron chi connectivity index (χ1n) is 12.4. The molecule has 11 heteroatoms. The smallest absolute Gasteiger partial charge is 0.256 e. The zero-order chi connectivity index (χ0) is 27.1. The quantitative estimate of drug-likeness (QED) is 0.331. The van der Waals surface area contributed by atoms with Crippen LogP contribution in [0.15, 0.2) is 42.7 Å². The van der Waals surface area contributed by atoms with Crippen molar-refractivity contribution < 1.29 is 22.7 Å². The highest BCUT2D eigenvalue weighted by Gasteiger charge is 2.41. The van der Waals surface area contributed by atoms with E-state index in [0.717, 1.165) is 17.7 Å². The topological polar surface area (TPSA) is 78.1 Å². The Morgan fingerprint density at radius 1 is 1.05 bits per heavy atom. The number of methoxy groups -OCH3 is 1. The lowest BCUT2D eigenvalue weighted by Gasteiger charge is -2.41. The van der Waals surface area contributed by atoms with Gasteiger partial charge in [-0.1, -0.05) is 13.8 Å². The number of halogens is 3. The van der Waals surface area contributed by atoms with Crippen LogP contribution in [0.3, 0.4) is 0 Å². The summed E-state index contributed by atoms with van der Waals surface area (Å²) in [5, 5.41) is 13.1. The molecule has 8 nitrogen and oxygen atoms in total. The molecule has 0 bridgehead atoms. The Bertz CT molecular complexity index is 1480. The summed E-state index contributed by atoms with van der Waals surface area (Å²) >= 11 is 0. The Labute approximate surface area is 217 Å². The van der Waals surface area contributed by atoms with Gasteiger partial charge in [0.1, 0.15) is 11.4 Å². The number of ether oxygens (including phenoxy) is 1. The number of hydrogen-bond acceptors (Lipinski definition) is 5. The molecule has 38 heavy (non-hydrogen) atoms. The van der Waals surface area contributed by atoms with Gasteiger partial charge in [0.25, 0.3) is 5.91 Å². The first-order chi connectivity index (χ1) is 18.3. The second-order valence-electron chi connectivity index (χ2n) is 9.19. The summed E-state index contributed by atoms with van der Waals surface area (Å²) < 4.78 is 48.8. The molecule has 2 aromatic carbocycles. The maximum Gasteiger partial charge on any atom is 0.256 e. The molecule has 1 aliphatic rings. The lowest BCUT2D eigenvalue weighted by atomic mass is 9.87. The second-order valence-corrected chi connectivity index (χ2v) is 9.19. The molecule has 0 spiro atoms. The third-order valence-electron chi connectivity index (χ3n) is 7.08. The lowest BCUT2D eigenvalue weighted by Crippen LogP contribution is -2.47. The summed E-state index contributed by atoms with van der Waals surface area (Å²) in [5.74, 6) is -3.69. The molecule has 2 unspecified atom stereocenters. The summed E-state index contributed by atoms with van der Waals surface area (Å²) in [6.07, 6.45) is 4.67. The van der Waals surface area contributed by atoms with Crippen LogP contribution in [0.25, 0.3) is 16.9 Å². The number of hydrogen-bond donors (Lipinski definition) is 0. The largest absolute Gasteiger partial charge is 0.497 e. The van der Waals surface area contributed by atoms with Crippen LogP contribution >= 0.6 is 0 Å². The third-order valence-corrected chi connectivity index (χ3v) is 7.08. The number of fused-ring (bicyclic) bond motifs is 1. The zero-order valence-corrected chi connectivity index (χ0v) is 21.5. The fourth-order valence-corrected chi connectivity index (χ4v) is 5.33. The van der Waals surface area contributed by atoms with Gasteiger partial charge in [-0.25, -0.2) is 13.2 Å². The van der Waals surface area contributed by atoms with Gasteiger partial charge in [-0.2, -0.15) is 20.1 Å². The molecule has 1 amide bonds. The molecule has 5 rings (SSSR count). The Kier molecular flexibility index (Phi) is 6.68. The molecule has 0 radical (unpaired) electrons. The Morgan fingerprint density at radius 2 is 1.74 bits per heavy atom. The molecule has 0 N–H and O–H groups in total. The maximum atomic E-state index is 14.2. The number of aryl methyl sites for hydroxylation is 1. The van der Waals surface area contributed by atoms with Gasteiger partial charge in [-0.15, -0.1) is 0 Å². The highest BCUT2D eigenvalue weighted by Crippen LogP contribution is 2.42. The van der Waals surface area contributed by atoms with E-state index in [1.165, 1.54) is 17.2 Å². The minimum Gasteiger partial charge on any atom is -0.497 e. The summed E-state index contributed by atoms with van der Waals surface area (Å²) in [6.45, 7) is 3.95. The zero-order valence-electron chi connectivity index (χ0n) is 21.5. The predicted molar refractivity (Wildman–Crippen MR) is 133 cm³/mol. The van der Waals surface area contributed by atoms with Crippen LogP contribution in [0.2, 0.25) is 0 Å². The summed E-state index contributed by atoms with van der Waals surface area (Å²) in [7, 11) is 3.22. The van der Waals surface area contributed by atoms with Crippen LogP contribution in [-0.4, -0.2) is 48.7 Å². The van der Waals surface area contributed by atoms with E-state index in [0.29, 0.717) is 47.7 Å². The van der Waals surface area contributed by atoms with E-state index >= 15 is 0 Å². The second kappa shape index (κ2) is 9.96. The van der Waals surface area contributed by atoms with Crippen molar-refractivity contribution in [3.8, 4) is 22.7 Å². The molecular weight excluding hydrogens is 497 g/mol. The van der Waals surface area contributed by atoms with E-state index in [-0.39, 0.29) is 17.5 Å². The van der Waals surface area contributed by atoms with Gasteiger partial charge in [0.2, 0.25) is 0 Å². The molecule has 2 aromatic heterocycles. The fraction of sp³-hybridized carbons (Fsp3) is 0.333. The molecule has 3 heterocycles. The van der Waals surface area contributed by atoms with Crippen LogP contribution < -0.4 is 4.74 Å². The van der Waals surface area contributed by atoms with Crippen molar-refractivity contribution in [1.82, 2.24) is 29.7 Å². The number of benzene rings is 2. The molecule has 0 saturated carbocycles. The maximum absolute atomic E-state index is 14.2. The minimum absolute atomic E-state index is 0.198. The number of carbonyl (C=O) groups is 1. The van der Waals surface area contributed by atoms with Crippen molar-refractivity contribution in [1.29, 1.82) is 0 Å². The predicted octanol–water partition coefficient (Wildman–Crippen LogP) is 5.02. The summed E-state index contributed by atoms with van der Waals surface area (Å²) in [4.78, 5) is 17.4. The van der Waals surface area contributed by atoms with E-state index in [4.69, 9.17) is 9.84 Å². The van der Waals surface area contributed by atoms with Crippen LogP contribution in [-0.2, 0) is 13.5 Å². The Hall–Kier alpha value is -4.15. The van der Waals surface area contributed by atoms with Gasteiger partial charge in [0.05, 0.1) is 42.5 Å². The summed E-state index contributed by atoms with van der Waals surface area (Å²) in [5.41, 5.74) is 3.04. The van der Waals surface area contributed by atoms with Crippen molar-refractivity contribution in [2.45, 2.75) is 45.2 Å². The Morgan fingerprint density at radius 3 is 2.34 bits per heavy atom. The van der Waals surface area contributed by atoms with Gasteiger partial charge in [-0.05, 0) is 43.5 Å². The number of carbonyl (C=O) groups excluding carboxylic acids is 1.